The number of hydrogen-bond donors (Lipinski definition) is 2. The molecule has 0 saturated heterocycles. The summed E-state index contributed by atoms with van der Waals surface area (Å²) in [5.41, 5.74) is -1.95. The number of carboxylic acid groups (broad SMARTS) is 1. The van der Waals surface area contributed by atoms with Crippen molar-refractivity contribution < 1.29 is 19.8 Å². The third kappa shape index (κ3) is 2.47. The number of carbonyl (C=O) groups excluding carboxylic acids is 1. The third-order valence-corrected chi connectivity index (χ3v) is 0.746. The molecule has 3 N–H and O–H groups in total. The average Bonchev–Trinajstić information content (AvgIpc) is 1.79. The van der Waals surface area contributed by atoms with Crippen molar-refractivity contribution in [3.8, 4) is 0 Å². The molecule has 0 aromatic heterocycles. The molecule has 4 heteroatoms. The first-order valence-electron chi connectivity index (χ1n) is 3.40. The summed E-state index contributed by atoms with van der Waals surface area (Å²) in [6, 6.07) is -1.60. The Morgan fingerprint density at radius 2 is 3.14 bits per heavy atom. The summed E-state index contributed by atoms with van der Waals surface area (Å²) in [6.07, 6.45) is 0. The Morgan fingerprint density at radius 3 is 3.29 bits per heavy atom. The van der Waals surface area contributed by atoms with Crippen LogP contribution in [0.4, 0.5) is 0 Å². The second kappa shape index (κ2) is 2.87. The lowest BCUT2D eigenvalue weighted by atomic mass is 10.4. The summed E-state index contributed by atoms with van der Waals surface area (Å²) in [4.78, 5) is 10.2. The van der Waals surface area contributed by atoms with Gasteiger partial charge in [0.2, 0.25) is 0 Å². The lowest BCUT2D eigenvalue weighted by Gasteiger charge is -2.02. The molecule has 0 aromatic rings. The van der Waals surface area contributed by atoms with Gasteiger partial charge in [-0.15, -0.1) is 0 Å². The van der Waals surface area contributed by atoms with Gasteiger partial charge < -0.3 is 15.6 Å². The van der Waals surface area contributed by atoms with E-state index in [0.29, 0.717) is 12.5 Å². The maximum atomic E-state index is 10.2. The fraction of sp³-hybridized carbons (Fsp3) is 0.667. The van der Waals surface area contributed by atoms with Crippen LogP contribution in [-0.2, 0) is 4.79 Å². The van der Waals surface area contributed by atoms with Gasteiger partial charge in [-0.3, -0.25) is 0 Å². The summed E-state index contributed by atoms with van der Waals surface area (Å²) < 4.78 is 26.6. The first kappa shape index (κ1) is 2.37. The predicted octanol–water partition coefficient (Wildman–Crippen LogP) is -2.72. The molecule has 0 saturated carbocycles. The molecule has 0 aliphatic carbocycles. The molecule has 7 heavy (non-hydrogen) atoms. The van der Waals surface area contributed by atoms with Crippen LogP contribution in [0.15, 0.2) is 0 Å². The highest BCUT2D eigenvalue weighted by atomic mass is 32.1. The minimum Gasteiger partial charge on any atom is -0.544 e. The SMILES string of the molecule is [2H]SC[C@H](C(=O)[O-])[N+]([2H])([2H])[2H]. The molecular weight excluding hydrogens is 114 g/mol. The van der Waals surface area contributed by atoms with Gasteiger partial charge in [-0.2, -0.15) is 12.5 Å². The van der Waals surface area contributed by atoms with Gasteiger partial charge in [0.25, 0.3) is 0 Å². The molecule has 3 nitrogen and oxygen atoms in total. The molecule has 0 spiro atoms. The predicted molar refractivity (Wildman–Crippen MR) is 25.5 cm³/mol. The standard InChI is InChI=1S/C3H7NO2S/c4-2(1-7)3(5)6/h2,7H,1,4H2,(H,5,6)/t2-/m1/s1/i/hD4. The Bertz CT molecular complexity index is 149. The molecule has 0 aliphatic rings. The number of hydrogen-bond acceptors (Lipinski definition) is 3. The molecule has 0 fully saturated rings. The summed E-state index contributed by atoms with van der Waals surface area (Å²) in [5.74, 6) is -1.94. The lowest BCUT2D eigenvalue weighted by Crippen LogP contribution is -2.69. The van der Waals surface area contributed by atoms with Crippen LogP contribution < -0.4 is 10.8 Å². The van der Waals surface area contributed by atoms with E-state index in [1.54, 1.807) is 0 Å². The van der Waals surface area contributed by atoms with Crippen molar-refractivity contribution >= 4 is 18.5 Å². The smallest absolute Gasteiger partial charge is 0.345 e. The molecule has 0 heterocycles. The number of quaternary nitrogens is 1. The van der Waals surface area contributed by atoms with E-state index >= 15 is 0 Å². The molecule has 0 rings (SSSR count). The van der Waals surface area contributed by atoms with Crippen molar-refractivity contribution in [3.63, 3.8) is 0 Å². The average molecular weight is 125 g/mol. The van der Waals surface area contributed by atoms with E-state index < -0.39 is 17.7 Å². The molecular formula is C3H7NO2S. The van der Waals surface area contributed by atoms with Crippen molar-refractivity contribution in [2.24, 2.45) is 0 Å². The van der Waals surface area contributed by atoms with Crippen LogP contribution in [0.1, 0.15) is 0 Å². The largest absolute Gasteiger partial charge is 0.544 e. The quantitative estimate of drug-likeness (QED) is 0.401. The second-order valence-electron chi connectivity index (χ2n) is 1.00. The number of rotatable bonds is 4. The van der Waals surface area contributed by atoms with Crippen LogP contribution in [0.2, 0.25) is 4.24 Å². The Hall–Kier alpha value is -0.220. The van der Waals surface area contributed by atoms with Crippen LogP contribution in [0.3, 0.4) is 0 Å². The molecule has 0 aromatic carbocycles. The number of carboxylic acids is 1. The highest BCUT2D eigenvalue weighted by Crippen LogP contribution is 1.74. The van der Waals surface area contributed by atoms with E-state index in [1.165, 1.54) is 0 Å². The Kier molecular flexibility index (Phi) is 0.972. The maximum Gasteiger partial charge on any atom is 0.345 e. The normalized spacial score (nSPS) is 23.4. The zero-order valence-electron chi connectivity index (χ0n) is 7.46. The maximum absolute atomic E-state index is 10.2. The topological polar surface area (TPSA) is 67.8 Å². The minimum absolute atomic E-state index is 0.293. The Morgan fingerprint density at radius 1 is 2.43 bits per heavy atom. The number of thiol groups is 1. The van der Waals surface area contributed by atoms with Crippen molar-refractivity contribution in [2.75, 3.05) is 5.75 Å². The molecule has 0 aliphatic heterocycles. The highest BCUT2D eigenvalue weighted by molar-refractivity contribution is 7.80. The molecule has 0 amide bonds. The van der Waals surface area contributed by atoms with Crippen molar-refractivity contribution in [1.29, 1.82) is 1.12 Å². The molecule has 42 valence electrons. The van der Waals surface area contributed by atoms with Gasteiger partial charge in [-0.25, -0.2) is 0 Å². The van der Waals surface area contributed by atoms with E-state index in [-0.39, 0.29) is 5.75 Å². The van der Waals surface area contributed by atoms with Crippen molar-refractivity contribution in [1.82, 2.24) is 0 Å². The summed E-state index contributed by atoms with van der Waals surface area (Å²) in [6.45, 7) is 0. The fourth-order valence-electron chi connectivity index (χ4n) is 0.0680. The van der Waals surface area contributed by atoms with E-state index in [0.717, 1.165) is 0 Å². The second-order valence-corrected chi connectivity index (χ2v) is 1.33. The van der Waals surface area contributed by atoms with E-state index in [1.807, 2.05) is 0 Å². The van der Waals surface area contributed by atoms with Crippen LogP contribution in [-0.4, -0.2) is 18.9 Å². The van der Waals surface area contributed by atoms with Crippen LogP contribution in [0.25, 0.3) is 0 Å². The highest BCUT2D eigenvalue weighted by Gasteiger charge is 2.00. The monoisotopic (exact) mass is 125 g/mol. The fourth-order valence-corrected chi connectivity index (χ4v) is 0.204. The van der Waals surface area contributed by atoms with Gasteiger partial charge >= 0.3 is 4.24 Å². The van der Waals surface area contributed by atoms with Crippen molar-refractivity contribution in [3.05, 3.63) is 0 Å². The zero-order chi connectivity index (χ0) is 9.07. The molecule has 0 radical (unpaired) electrons. The summed E-state index contributed by atoms with van der Waals surface area (Å²) in [5, 5.41) is 10.2. The van der Waals surface area contributed by atoms with Crippen molar-refractivity contribution in [2.45, 2.75) is 6.04 Å². The van der Waals surface area contributed by atoms with Gasteiger partial charge in [-0.05, 0) is 0 Å². The summed E-state index contributed by atoms with van der Waals surface area (Å²) in [7, 11) is 0. The minimum atomic E-state index is -1.95. The van der Waals surface area contributed by atoms with Gasteiger partial charge in [0.1, 0.15) is 7.17 Å². The first-order chi connectivity index (χ1) is 4.89. The van der Waals surface area contributed by atoms with Gasteiger partial charge in [0.15, 0.2) is 0 Å². The Balaban J connectivity index is 4.22. The van der Waals surface area contributed by atoms with Gasteiger partial charge in [0, 0.05) is 5.75 Å². The van der Waals surface area contributed by atoms with E-state index in [4.69, 9.17) is 5.36 Å². The summed E-state index contributed by atoms with van der Waals surface area (Å²) >= 11 is 0.418. The van der Waals surface area contributed by atoms with Crippen LogP contribution in [0, 0.1) is 0 Å². The van der Waals surface area contributed by atoms with Crippen LogP contribution >= 0.6 is 12.5 Å². The Labute approximate surface area is 52.4 Å². The van der Waals surface area contributed by atoms with Gasteiger partial charge in [-0.1, -0.05) is 0 Å². The lowest BCUT2D eigenvalue weighted by molar-refractivity contribution is -0.431. The zero-order valence-corrected chi connectivity index (χ0v) is 4.27. The first-order valence-corrected chi connectivity index (χ1v) is 2.23. The molecule has 1 atom stereocenters. The molecule has 0 unspecified atom stereocenters. The number of aliphatic carboxylic acids is 1. The van der Waals surface area contributed by atoms with Crippen LogP contribution in [0.5, 0.6) is 0 Å². The third-order valence-electron chi connectivity index (χ3n) is 0.430. The number of carbonyl (C=O) groups is 1. The van der Waals surface area contributed by atoms with Gasteiger partial charge in [0.05, 0.1) is 5.97 Å². The van der Waals surface area contributed by atoms with E-state index in [9.17, 15) is 9.90 Å². The molecule has 0 bridgehead atoms. The van der Waals surface area contributed by atoms with E-state index in [2.05, 4.69) is 0 Å².